The van der Waals surface area contributed by atoms with Crippen LogP contribution in [0, 0.1) is 5.92 Å². The summed E-state index contributed by atoms with van der Waals surface area (Å²) < 4.78 is 2.57. The summed E-state index contributed by atoms with van der Waals surface area (Å²) in [6, 6.07) is 53.2. The van der Waals surface area contributed by atoms with Crippen molar-refractivity contribution in [2.75, 3.05) is 5.32 Å². The number of unbranched alkanes of at least 4 members (excludes halogenated alkanes) is 1. The summed E-state index contributed by atoms with van der Waals surface area (Å²) in [5.74, 6) is -1.24. The van der Waals surface area contributed by atoms with Crippen molar-refractivity contribution >= 4 is 45.5 Å². The number of hydrogen-bond acceptors (Lipinski definition) is 3. The van der Waals surface area contributed by atoms with Crippen LogP contribution in [0.1, 0.15) is 110 Å². The zero-order valence-corrected chi connectivity index (χ0v) is 39.9. The van der Waals surface area contributed by atoms with Crippen molar-refractivity contribution in [3.05, 3.63) is 204 Å². The minimum atomic E-state index is -0.942. The molecule has 2 atom stereocenters. The number of fused-ring (bicyclic) bond motifs is 3. The number of benzene rings is 7. The molecule has 0 spiro atoms. The number of nitrogens with zero attached hydrogens (tertiary/aromatic N) is 1. The van der Waals surface area contributed by atoms with Gasteiger partial charge in [0, 0.05) is 34.0 Å². The van der Waals surface area contributed by atoms with Gasteiger partial charge in [-0.1, -0.05) is 175 Å². The second-order valence-corrected chi connectivity index (χ2v) is 19.2. The molecular weight excluding hydrogens is 837 g/mol. The Morgan fingerprint density at radius 3 is 1.65 bits per heavy atom. The topological polar surface area (TPSA) is 91.6 Å². The van der Waals surface area contributed by atoms with Crippen LogP contribution in [0.2, 0.25) is 0 Å². The molecule has 0 aliphatic heterocycles. The maximum atomic E-state index is 11.5. The third-order valence-electron chi connectivity index (χ3n) is 13.4. The van der Waals surface area contributed by atoms with Gasteiger partial charge in [0.2, 0.25) is 0 Å². The van der Waals surface area contributed by atoms with Crippen molar-refractivity contribution in [1.82, 2.24) is 4.57 Å². The van der Waals surface area contributed by atoms with Crippen LogP contribution < -0.4 is 5.32 Å². The average Bonchev–Trinajstić information content (AvgIpc) is 3.66. The van der Waals surface area contributed by atoms with E-state index in [1.165, 1.54) is 58.6 Å². The summed E-state index contributed by atoms with van der Waals surface area (Å²) in [5, 5.41) is 25.1. The molecule has 68 heavy (non-hydrogen) atoms. The lowest BCUT2D eigenvalue weighted by Crippen LogP contribution is -2.11. The Hall–Kier alpha value is -7.44. The van der Waals surface area contributed by atoms with Crippen LogP contribution in [0.3, 0.4) is 0 Å². The normalized spacial score (nSPS) is 12.7. The van der Waals surface area contributed by atoms with Crippen LogP contribution in [-0.4, -0.2) is 26.7 Å². The number of anilines is 1. The Balaban J connectivity index is 1.05. The van der Waals surface area contributed by atoms with Gasteiger partial charge in [0.1, 0.15) is 0 Å². The monoisotopic (exact) mass is 898 g/mol. The summed E-state index contributed by atoms with van der Waals surface area (Å²) in [6.45, 7) is 17.0. The van der Waals surface area contributed by atoms with Crippen LogP contribution >= 0.6 is 0 Å². The van der Waals surface area contributed by atoms with E-state index in [9.17, 15) is 19.8 Å². The molecule has 0 aliphatic carbocycles. The zero-order chi connectivity index (χ0) is 48.0. The first-order chi connectivity index (χ1) is 32.8. The molecule has 0 aliphatic rings. The lowest BCUT2D eigenvalue weighted by atomic mass is 9.86. The summed E-state index contributed by atoms with van der Waals surface area (Å²) >= 11 is 0. The van der Waals surface area contributed by atoms with Gasteiger partial charge in [-0.15, -0.1) is 0 Å². The minimum absolute atomic E-state index is 0.0446. The highest BCUT2D eigenvalue weighted by Crippen LogP contribution is 2.38. The second kappa shape index (κ2) is 20.6. The van der Waals surface area contributed by atoms with Crippen molar-refractivity contribution in [3.8, 4) is 33.4 Å². The molecule has 1 aromatic heterocycles. The maximum absolute atomic E-state index is 11.5. The molecule has 0 radical (unpaired) electrons. The third kappa shape index (κ3) is 10.9. The van der Waals surface area contributed by atoms with Crippen molar-refractivity contribution in [1.29, 1.82) is 0 Å². The smallest absolute Gasteiger partial charge is 0.335 e. The molecule has 344 valence electrons. The first kappa shape index (κ1) is 47.1. The van der Waals surface area contributed by atoms with Gasteiger partial charge in [0.15, 0.2) is 0 Å². The van der Waals surface area contributed by atoms with E-state index >= 15 is 0 Å². The molecule has 1 heterocycles. The summed E-state index contributed by atoms with van der Waals surface area (Å²) in [4.78, 5) is 22.8. The van der Waals surface area contributed by atoms with Gasteiger partial charge < -0.3 is 20.1 Å². The fourth-order valence-electron chi connectivity index (χ4n) is 9.18. The van der Waals surface area contributed by atoms with Crippen molar-refractivity contribution < 1.29 is 19.8 Å². The molecule has 3 N–H and O–H groups in total. The van der Waals surface area contributed by atoms with Gasteiger partial charge in [-0.2, -0.15) is 0 Å². The van der Waals surface area contributed by atoms with E-state index in [-0.39, 0.29) is 22.6 Å². The number of aromatic carboxylic acids is 2. The highest BCUT2D eigenvalue weighted by Gasteiger charge is 2.20. The SMILES string of the molecule is C=C(/C=C/c1ccc(-c2ccc(C(=O)O)cc2)cc1)CC(Nc1ccc(-c2ccc3c(c2)c2cc(C(C)(C)C)ccc2n3CC(CC)CCCC)cc1)c1ccc(-c2ccc(C(=O)O)cc2)cc1. The molecule has 2 unspecified atom stereocenters. The van der Waals surface area contributed by atoms with E-state index in [2.05, 4.69) is 160 Å². The fourth-order valence-corrected chi connectivity index (χ4v) is 9.18. The molecule has 6 heteroatoms. The first-order valence-electron chi connectivity index (χ1n) is 23.9. The fraction of sp³-hybridized carbons (Fsp3) is 0.226. The largest absolute Gasteiger partial charge is 0.478 e. The number of allylic oxidation sites excluding steroid dienone is 1. The van der Waals surface area contributed by atoms with Gasteiger partial charge >= 0.3 is 11.9 Å². The Bertz CT molecular complexity index is 3080. The van der Waals surface area contributed by atoms with Crippen LogP contribution in [0.25, 0.3) is 61.3 Å². The quantitative estimate of drug-likeness (QED) is 0.0746. The third-order valence-corrected chi connectivity index (χ3v) is 13.4. The van der Waals surface area contributed by atoms with Crippen LogP contribution in [0.5, 0.6) is 0 Å². The molecule has 6 nitrogen and oxygen atoms in total. The molecule has 0 bridgehead atoms. The number of hydrogen-bond donors (Lipinski definition) is 3. The summed E-state index contributed by atoms with van der Waals surface area (Å²) in [5.41, 5.74) is 14.9. The van der Waals surface area contributed by atoms with E-state index in [1.54, 1.807) is 24.3 Å². The van der Waals surface area contributed by atoms with Gasteiger partial charge in [0.05, 0.1) is 17.2 Å². The Morgan fingerprint density at radius 2 is 1.12 bits per heavy atom. The standard InChI is InChI=1S/C62H62N2O4/c1-7-9-10-42(8-2)40-64-58-35-31-52(38-55(58)56-39-53(62(4,5)6)32-36-59(56)64)48-29-33-54(34-30-48)63-57(49-23-17-45(18-24-49)47-21-27-51(28-22-47)61(67)68)37-41(3)11-12-43-13-15-44(16-14-43)46-19-25-50(26-20-46)60(65)66/h11-36,38-39,42,57,63H,3,7-10,37,40H2,1-2,4-6H3,(H,65,66)(H,67,68)/b12-11+. The molecule has 8 rings (SSSR count). The number of carboxylic acid groups (broad SMARTS) is 2. The number of aromatic nitrogens is 1. The minimum Gasteiger partial charge on any atom is -0.478 e. The molecule has 8 aromatic rings. The van der Waals surface area contributed by atoms with E-state index < -0.39 is 11.9 Å². The molecule has 0 saturated heterocycles. The highest BCUT2D eigenvalue weighted by molar-refractivity contribution is 6.09. The van der Waals surface area contributed by atoms with Crippen molar-refractivity contribution in [2.45, 2.75) is 84.7 Å². The van der Waals surface area contributed by atoms with E-state index in [1.807, 2.05) is 36.4 Å². The zero-order valence-electron chi connectivity index (χ0n) is 39.9. The summed E-state index contributed by atoms with van der Waals surface area (Å²) in [6.07, 6.45) is 9.69. The van der Waals surface area contributed by atoms with Crippen molar-refractivity contribution in [3.63, 3.8) is 0 Å². The van der Waals surface area contributed by atoms with Crippen LogP contribution in [0.4, 0.5) is 5.69 Å². The van der Waals surface area contributed by atoms with Crippen LogP contribution in [-0.2, 0) is 12.0 Å². The lowest BCUT2D eigenvalue weighted by molar-refractivity contribution is 0.0686. The van der Waals surface area contributed by atoms with E-state index in [0.29, 0.717) is 12.3 Å². The maximum Gasteiger partial charge on any atom is 0.335 e. The van der Waals surface area contributed by atoms with Crippen molar-refractivity contribution in [2.24, 2.45) is 5.92 Å². The molecule has 7 aromatic carbocycles. The van der Waals surface area contributed by atoms with Gasteiger partial charge in [-0.25, -0.2) is 9.59 Å². The van der Waals surface area contributed by atoms with Gasteiger partial charge in [0.25, 0.3) is 0 Å². The average molecular weight is 899 g/mol. The predicted molar refractivity (Wildman–Crippen MR) is 284 cm³/mol. The summed E-state index contributed by atoms with van der Waals surface area (Å²) in [7, 11) is 0. The molecule has 0 saturated carbocycles. The Morgan fingerprint density at radius 1 is 0.632 bits per heavy atom. The van der Waals surface area contributed by atoms with Gasteiger partial charge in [-0.05, 0) is 135 Å². The molecular formula is C62H62N2O4. The first-order valence-corrected chi connectivity index (χ1v) is 23.9. The van der Waals surface area contributed by atoms with E-state index in [0.717, 1.165) is 56.7 Å². The molecule has 0 amide bonds. The highest BCUT2D eigenvalue weighted by atomic mass is 16.4. The molecule has 0 fully saturated rings. The lowest BCUT2D eigenvalue weighted by Gasteiger charge is -2.22. The number of rotatable bonds is 18. The number of carbonyl (C=O) groups is 2. The van der Waals surface area contributed by atoms with E-state index in [4.69, 9.17) is 0 Å². The number of carboxylic acids is 2. The Kier molecular flexibility index (Phi) is 14.3. The Labute approximate surface area is 401 Å². The van der Waals surface area contributed by atoms with Crippen LogP contribution in [0.15, 0.2) is 176 Å². The number of nitrogens with one attached hydrogen (secondary N) is 1. The second-order valence-electron chi connectivity index (χ2n) is 19.2. The van der Waals surface area contributed by atoms with Gasteiger partial charge in [-0.3, -0.25) is 0 Å². The predicted octanol–water partition coefficient (Wildman–Crippen LogP) is 16.5.